The van der Waals surface area contributed by atoms with Gasteiger partial charge in [-0.05, 0) is 61.5 Å². The number of amides is 1. The molecular formula is C22H16ClFN4O. The Morgan fingerprint density at radius 2 is 1.76 bits per heavy atom. The third kappa shape index (κ3) is 4.17. The van der Waals surface area contributed by atoms with E-state index in [-0.39, 0.29) is 11.6 Å². The Hall–Kier alpha value is -3.51. The fraction of sp³-hybridized carbons (Fsp3) is 0.0455. The molecule has 4 aromatic rings. The first-order valence-corrected chi connectivity index (χ1v) is 9.24. The van der Waals surface area contributed by atoms with Crippen molar-refractivity contribution in [3.8, 4) is 17.1 Å². The molecule has 1 heterocycles. The topological polar surface area (TPSA) is 59.8 Å². The van der Waals surface area contributed by atoms with Gasteiger partial charge in [-0.3, -0.25) is 4.79 Å². The molecule has 0 radical (unpaired) electrons. The number of hydrogen-bond acceptors (Lipinski definition) is 3. The Labute approximate surface area is 171 Å². The molecule has 29 heavy (non-hydrogen) atoms. The van der Waals surface area contributed by atoms with E-state index in [4.69, 9.17) is 11.6 Å². The van der Waals surface area contributed by atoms with Crippen molar-refractivity contribution >= 4 is 23.2 Å². The van der Waals surface area contributed by atoms with Crippen LogP contribution in [0.5, 0.6) is 0 Å². The van der Waals surface area contributed by atoms with Gasteiger partial charge in [0.2, 0.25) is 5.82 Å². The largest absolute Gasteiger partial charge is 0.319 e. The second kappa shape index (κ2) is 7.85. The SMILES string of the molecule is Cc1cccc(-c2nc(C(=O)Nc3ccc(Cl)cc3)nn2-c2ccc(F)cc2)c1. The summed E-state index contributed by atoms with van der Waals surface area (Å²) in [5, 5.41) is 7.70. The van der Waals surface area contributed by atoms with Crippen molar-refractivity contribution in [2.75, 3.05) is 5.32 Å². The van der Waals surface area contributed by atoms with Gasteiger partial charge < -0.3 is 5.32 Å². The van der Waals surface area contributed by atoms with Crippen molar-refractivity contribution in [3.63, 3.8) is 0 Å². The molecule has 7 heteroatoms. The molecule has 0 saturated heterocycles. The Bertz CT molecular complexity index is 1170. The molecule has 0 spiro atoms. The lowest BCUT2D eigenvalue weighted by atomic mass is 10.1. The molecule has 0 atom stereocenters. The van der Waals surface area contributed by atoms with E-state index < -0.39 is 5.91 Å². The predicted molar refractivity (Wildman–Crippen MR) is 111 cm³/mol. The minimum absolute atomic E-state index is 0.000723. The first-order chi connectivity index (χ1) is 14.0. The van der Waals surface area contributed by atoms with Gasteiger partial charge in [-0.15, -0.1) is 5.10 Å². The van der Waals surface area contributed by atoms with Crippen molar-refractivity contribution in [2.24, 2.45) is 0 Å². The number of hydrogen-bond donors (Lipinski definition) is 1. The average Bonchev–Trinajstić information content (AvgIpc) is 3.16. The average molecular weight is 407 g/mol. The normalized spacial score (nSPS) is 10.7. The molecule has 1 amide bonds. The smallest absolute Gasteiger partial charge is 0.295 e. The van der Waals surface area contributed by atoms with E-state index in [2.05, 4.69) is 15.4 Å². The summed E-state index contributed by atoms with van der Waals surface area (Å²) in [4.78, 5) is 17.2. The Kier molecular flexibility index (Phi) is 5.10. The van der Waals surface area contributed by atoms with E-state index in [0.717, 1.165) is 11.1 Å². The van der Waals surface area contributed by atoms with Crippen molar-refractivity contribution in [3.05, 3.63) is 95.0 Å². The van der Waals surface area contributed by atoms with Crippen LogP contribution in [0.3, 0.4) is 0 Å². The van der Waals surface area contributed by atoms with Crippen LogP contribution in [0.15, 0.2) is 72.8 Å². The molecule has 0 fully saturated rings. The number of carbonyl (C=O) groups is 1. The maximum absolute atomic E-state index is 13.4. The van der Waals surface area contributed by atoms with Crippen LogP contribution in [0.2, 0.25) is 5.02 Å². The summed E-state index contributed by atoms with van der Waals surface area (Å²) >= 11 is 5.88. The van der Waals surface area contributed by atoms with E-state index in [1.807, 2.05) is 31.2 Å². The zero-order valence-corrected chi connectivity index (χ0v) is 16.2. The summed E-state index contributed by atoms with van der Waals surface area (Å²) in [6.07, 6.45) is 0. The lowest BCUT2D eigenvalue weighted by Gasteiger charge is -2.06. The second-order valence-electron chi connectivity index (χ2n) is 6.48. The van der Waals surface area contributed by atoms with Crippen LogP contribution in [0, 0.1) is 12.7 Å². The van der Waals surface area contributed by atoms with Crippen LogP contribution in [0.4, 0.5) is 10.1 Å². The molecule has 0 aliphatic carbocycles. The van der Waals surface area contributed by atoms with Crippen LogP contribution in [0.25, 0.3) is 17.1 Å². The number of anilines is 1. The Morgan fingerprint density at radius 3 is 2.45 bits per heavy atom. The third-order valence-corrected chi connectivity index (χ3v) is 4.51. The van der Waals surface area contributed by atoms with Gasteiger partial charge in [0.1, 0.15) is 5.82 Å². The molecule has 5 nitrogen and oxygen atoms in total. The molecular weight excluding hydrogens is 391 g/mol. The molecule has 0 unspecified atom stereocenters. The van der Waals surface area contributed by atoms with E-state index in [1.54, 1.807) is 36.4 Å². The number of benzene rings is 3. The fourth-order valence-corrected chi connectivity index (χ4v) is 2.99. The maximum Gasteiger partial charge on any atom is 0.295 e. The summed E-state index contributed by atoms with van der Waals surface area (Å²) in [5.74, 6) is -0.323. The molecule has 1 N–H and O–H groups in total. The molecule has 144 valence electrons. The lowest BCUT2D eigenvalue weighted by Crippen LogP contribution is -2.14. The Morgan fingerprint density at radius 1 is 1.03 bits per heavy atom. The minimum Gasteiger partial charge on any atom is -0.319 e. The lowest BCUT2D eigenvalue weighted by molar-refractivity contribution is 0.101. The van der Waals surface area contributed by atoms with E-state index in [9.17, 15) is 9.18 Å². The number of aryl methyl sites for hydroxylation is 1. The van der Waals surface area contributed by atoms with Gasteiger partial charge in [-0.1, -0.05) is 35.4 Å². The summed E-state index contributed by atoms with van der Waals surface area (Å²) in [6, 6.07) is 20.3. The van der Waals surface area contributed by atoms with Gasteiger partial charge in [0.15, 0.2) is 5.82 Å². The first-order valence-electron chi connectivity index (χ1n) is 8.86. The molecule has 1 aromatic heterocycles. The van der Waals surface area contributed by atoms with Gasteiger partial charge >= 0.3 is 0 Å². The van der Waals surface area contributed by atoms with Crippen molar-refractivity contribution in [1.29, 1.82) is 0 Å². The molecule has 0 bridgehead atoms. The van der Waals surface area contributed by atoms with Crippen molar-refractivity contribution < 1.29 is 9.18 Å². The highest BCUT2D eigenvalue weighted by atomic mass is 35.5. The third-order valence-electron chi connectivity index (χ3n) is 4.26. The molecule has 3 aromatic carbocycles. The molecule has 0 saturated carbocycles. The number of halogens is 2. The van der Waals surface area contributed by atoms with Gasteiger partial charge in [0, 0.05) is 16.3 Å². The van der Waals surface area contributed by atoms with Crippen LogP contribution < -0.4 is 5.32 Å². The van der Waals surface area contributed by atoms with E-state index in [0.29, 0.717) is 22.2 Å². The number of aromatic nitrogens is 3. The molecule has 0 aliphatic heterocycles. The quantitative estimate of drug-likeness (QED) is 0.501. The molecule has 0 aliphatic rings. The minimum atomic E-state index is -0.456. The molecule has 4 rings (SSSR count). The number of nitrogens with one attached hydrogen (secondary N) is 1. The van der Waals surface area contributed by atoms with Gasteiger partial charge in [-0.25, -0.2) is 14.1 Å². The summed E-state index contributed by atoms with van der Waals surface area (Å²) in [6.45, 7) is 1.97. The summed E-state index contributed by atoms with van der Waals surface area (Å²) in [7, 11) is 0. The van der Waals surface area contributed by atoms with Crippen LogP contribution in [-0.2, 0) is 0 Å². The fourth-order valence-electron chi connectivity index (χ4n) is 2.86. The van der Waals surface area contributed by atoms with Gasteiger partial charge in [0.05, 0.1) is 5.69 Å². The highest BCUT2D eigenvalue weighted by Crippen LogP contribution is 2.23. The van der Waals surface area contributed by atoms with Crippen molar-refractivity contribution in [1.82, 2.24) is 14.8 Å². The van der Waals surface area contributed by atoms with E-state index >= 15 is 0 Å². The van der Waals surface area contributed by atoms with Crippen LogP contribution in [0.1, 0.15) is 16.2 Å². The number of rotatable bonds is 4. The summed E-state index contributed by atoms with van der Waals surface area (Å²) in [5.41, 5.74) is 3.02. The second-order valence-corrected chi connectivity index (χ2v) is 6.91. The zero-order valence-electron chi connectivity index (χ0n) is 15.4. The zero-order chi connectivity index (χ0) is 20.4. The maximum atomic E-state index is 13.4. The standard InChI is InChI=1S/C22H16ClFN4O/c1-14-3-2-4-15(13-14)21-26-20(22(29)25-18-9-5-16(23)6-10-18)27-28(21)19-11-7-17(24)8-12-19/h2-13H,1H3,(H,25,29). The highest BCUT2D eigenvalue weighted by molar-refractivity contribution is 6.30. The van der Waals surface area contributed by atoms with Crippen LogP contribution in [-0.4, -0.2) is 20.7 Å². The monoisotopic (exact) mass is 406 g/mol. The van der Waals surface area contributed by atoms with Crippen molar-refractivity contribution in [2.45, 2.75) is 6.92 Å². The number of nitrogens with zero attached hydrogens (tertiary/aromatic N) is 3. The van der Waals surface area contributed by atoms with Crippen LogP contribution >= 0.6 is 11.6 Å². The first kappa shape index (κ1) is 18.8. The Balaban J connectivity index is 1.75. The van der Waals surface area contributed by atoms with E-state index in [1.165, 1.54) is 16.8 Å². The predicted octanol–water partition coefficient (Wildman–Crippen LogP) is 5.29. The highest BCUT2D eigenvalue weighted by Gasteiger charge is 2.19. The van der Waals surface area contributed by atoms with Gasteiger partial charge in [0.25, 0.3) is 5.91 Å². The van der Waals surface area contributed by atoms with Gasteiger partial charge in [-0.2, -0.15) is 0 Å². The number of carbonyl (C=O) groups excluding carboxylic acids is 1. The summed E-state index contributed by atoms with van der Waals surface area (Å²) < 4.78 is 14.9.